The summed E-state index contributed by atoms with van der Waals surface area (Å²) >= 11 is 0. The van der Waals surface area contributed by atoms with Gasteiger partial charge < -0.3 is 10.2 Å². The van der Waals surface area contributed by atoms with E-state index < -0.39 is 0 Å². The average Bonchev–Trinajstić information content (AvgIpc) is 3.15. The summed E-state index contributed by atoms with van der Waals surface area (Å²) in [6.45, 7) is 7.98. The zero-order valence-corrected chi connectivity index (χ0v) is 17.1. The lowest BCUT2D eigenvalue weighted by Gasteiger charge is -2.07. The number of carbonyl (C=O) groups excluding carboxylic acids is 1. The predicted octanol–water partition coefficient (Wildman–Crippen LogP) is 3.96. The Kier molecular flexibility index (Phi) is 6.21. The Hall–Kier alpha value is -3.29. The third kappa shape index (κ3) is 5.16. The normalized spacial score (nSPS) is 11.2. The van der Waals surface area contributed by atoms with Gasteiger partial charge in [-0.25, -0.2) is 9.97 Å². The number of nitrogen functional groups attached to an aromatic ring is 1. The van der Waals surface area contributed by atoms with E-state index in [0.29, 0.717) is 11.6 Å². The van der Waals surface area contributed by atoms with Crippen molar-refractivity contribution in [3.8, 4) is 22.8 Å². The molecule has 3 N–H and O–H groups in total. The number of nitrogens with one attached hydrogen (secondary N) is 1. The van der Waals surface area contributed by atoms with Gasteiger partial charge >= 0.3 is 6.01 Å². The Labute approximate surface area is 170 Å². The average molecular weight is 394 g/mol. The van der Waals surface area contributed by atoms with E-state index in [1.807, 2.05) is 12.1 Å². The van der Waals surface area contributed by atoms with Crippen molar-refractivity contribution < 1.29 is 9.21 Å². The van der Waals surface area contributed by atoms with Gasteiger partial charge in [-0.2, -0.15) is 0 Å². The van der Waals surface area contributed by atoms with Crippen molar-refractivity contribution in [3.05, 3.63) is 36.0 Å². The molecule has 3 rings (SSSR count). The maximum atomic E-state index is 11.8. The highest BCUT2D eigenvalue weighted by Gasteiger charge is 2.18. The molecule has 0 atom stereocenters. The summed E-state index contributed by atoms with van der Waals surface area (Å²) in [7, 11) is 0. The first-order valence-electron chi connectivity index (χ1n) is 9.70. The van der Waals surface area contributed by atoms with Crippen LogP contribution in [-0.2, 0) is 11.2 Å². The van der Waals surface area contributed by atoms with E-state index in [4.69, 9.17) is 10.2 Å². The minimum Gasteiger partial charge on any atom is -0.401 e. The molecule has 0 aliphatic carbocycles. The lowest BCUT2D eigenvalue weighted by molar-refractivity contribution is -0.119. The molecule has 29 heavy (non-hydrogen) atoms. The molecule has 0 aliphatic rings. The number of carbonyl (C=O) groups is 1. The van der Waals surface area contributed by atoms with E-state index >= 15 is 0 Å². The highest BCUT2D eigenvalue weighted by molar-refractivity contribution is 5.90. The van der Waals surface area contributed by atoms with Gasteiger partial charge in [-0.05, 0) is 24.3 Å². The molecule has 0 bridgehead atoms. The van der Waals surface area contributed by atoms with Crippen LogP contribution in [0.2, 0.25) is 0 Å². The molecule has 0 saturated heterocycles. The smallest absolute Gasteiger partial charge is 0.322 e. The molecule has 2 heterocycles. The van der Waals surface area contributed by atoms with Gasteiger partial charge in [0.15, 0.2) is 11.5 Å². The number of rotatable bonds is 7. The predicted molar refractivity (Wildman–Crippen MR) is 112 cm³/mol. The Morgan fingerprint density at radius 3 is 2.52 bits per heavy atom. The highest BCUT2D eigenvalue weighted by Crippen LogP contribution is 2.26. The number of amides is 1. The molecule has 152 valence electrons. The van der Waals surface area contributed by atoms with Gasteiger partial charge in [-0.3, -0.25) is 10.1 Å². The van der Waals surface area contributed by atoms with Crippen molar-refractivity contribution in [2.75, 3.05) is 11.1 Å². The van der Waals surface area contributed by atoms with Crippen molar-refractivity contribution >= 4 is 17.7 Å². The molecule has 8 heteroatoms. The van der Waals surface area contributed by atoms with Crippen molar-refractivity contribution in [2.45, 2.75) is 40.5 Å². The second-order valence-corrected chi connectivity index (χ2v) is 7.67. The van der Waals surface area contributed by atoms with E-state index in [2.05, 4.69) is 51.5 Å². The summed E-state index contributed by atoms with van der Waals surface area (Å²) in [6.07, 6.45) is 3.81. The minimum atomic E-state index is -0.217. The Morgan fingerprint density at radius 2 is 1.86 bits per heavy atom. The number of aromatic nitrogens is 4. The number of anilines is 2. The molecule has 2 aromatic heterocycles. The van der Waals surface area contributed by atoms with Crippen LogP contribution in [0.15, 0.2) is 34.9 Å². The summed E-state index contributed by atoms with van der Waals surface area (Å²) in [5.74, 6) is 0.523. The number of benzene rings is 1. The second kappa shape index (κ2) is 8.81. The number of aryl methyl sites for hydroxylation is 1. The first kappa shape index (κ1) is 20.4. The van der Waals surface area contributed by atoms with Crippen molar-refractivity contribution in [2.24, 2.45) is 11.8 Å². The summed E-state index contributed by atoms with van der Waals surface area (Å²) in [5, 5.41) is 10.3. The first-order chi connectivity index (χ1) is 13.8. The maximum absolute atomic E-state index is 11.8. The van der Waals surface area contributed by atoms with Gasteiger partial charge in [0, 0.05) is 11.5 Å². The maximum Gasteiger partial charge on any atom is 0.322 e. The molecule has 3 aromatic rings. The third-order valence-electron chi connectivity index (χ3n) is 4.44. The quantitative estimate of drug-likeness (QED) is 0.622. The van der Waals surface area contributed by atoms with E-state index in [1.54, 1.807) is 20.0 Å². The Morgan fingerprint density at radius 1 is 1.14 bits per heavy atom. The summed E-state index contributed by atoms with van der Waals surface area (Å²) < 4.78 is 5.50. The fourth-order valence-electron chi connectivity index (χ4n) is 2.61. The molecule has 0 radical (unpaired) electrons. The fraction of sp³-hybridized carbons (Fsp3) is 0.381. The van der Waals surface area contributed by atoms with Gasteiger partial charge in [0.25, 0.3) is 5.89 Å². The molecule has 8 nitrogen and oxygen atoms in total. The zero-order chi connectivity index (χ0) is 21.0. The molecule has 0 aliphatic heterocycles. The van der Waals surface area contributed by atoms with Crippen LogP contribution in [0.5, 0.6) is 0 Å². The van der Waals surface area contributed by atoms with Crippen LogP contribution in [0.4, 0.5) is 11.8 Å². The SMILES string of the molecule is CC(C)CCc1ccc(-c2cnc(N)c(-c3nnc(NC(=O)C(C)C)o3)n2)cc1. The summed E-state index contributed by atoms with van der Waals surface area (Å²) in [5.41, 5.74) is 9.09. The van der Waals surface area contributed by atoms with Crippen LogP contribution in [0.1, 0.15) is 39.7 Å². The first-order valence-corrected chi connectivity index (χ1v) is 9.70. The second-order valence-electron chi connectivity index (χ2n) is 7.67. The number of hydrogen-bond acceptors (Lipinski definition) is 7. The van der Waals surface area contributed by atoms with Crippen LogP contribution >= 0.6 is 0 Å². The Bertz CT molecular complexity index is 979. The van der Waals surface area contributed by atoms with Crippen LogP contribution in [0.25, 0.3) is 22.8 Å². The van der Waals surface area contributed by atoms with Gasteiger partial charge in [0.2, 0.25) is 5.91 Å². The van der Waals surface area contributed by atoms with E-state index in [-0.39, 0.29) is 35.2 Å². The lowest BCUT2D eigenvalue weighted by Crippen LogP contribution is -2.17. The molecule has 1 amide bonds. The minimum absolute atomic E-state index is 0.000177. The topological polar surface area (TPSA) is 120 Å². The summed E-state index contributed by atoms with van der Waals surface area (Å²) in [6, 6.07) is 8.23. The largest absolute Gasteiger partial charge is 0.401 e. The zero-order valence-electron chi connectivity index (χ0n) is 17.1. The van der Waals surface area contributed by atoms with Gasteiger partial charge in [-0.1, -0.05) is 57.1 Å². The van der Waals surface area contributed by atoms with E-state index in [1.165, 1.54) is 5.56 Å². The van der Waals surface area contributed by atoms with Gasteiger partial charge in [0.1, 0.15) is 0 Å². The summed E-state index contributed by atoms with van der Waals surface area (Å²) in [4.78, 5) is 20.5. The molecule has 1 aromatic carbocycles. The molecular weight excluding hydrogens is 368 g/mol. The van der Waals surface area contributed by atoms with Crippen LogP contribution < -0.4 is 11.1 Å². The molecule has 0 fully saturated rings. The van der Waals surface area contributed by atoms with Crippen LogP contribution in [0, 0.1) is 11.8 Å². The van der Waals surface area contributed by atoms with Gasteiger partial charge in [-0.15, -0.1) is 5.10 Å². The van der Waals surface area contributed by atoms with E-state index in [0.717, 1.165) is 18.4 Å². The van der Waals surface area contributed by atoms with Gasteiger partial charge in [0.05, 0.1) is 11.9 Å². The lowest BCUT2D eigenvalue weighted by atomic mass is 10.0. The van der Waals surface area contributed by atoms with Crippen LogP contribution in [-0.4, -0.2) is 26.1 Å². The van der Waals surface area contributed by atoms with E-state index in [9.17, 15) is 4.79 Å². The molecule has 0 unspecified atom stereocenters. The fourth-order valence-corrected chi connectivity index (χ4v) is 2.61. The standard InChI is InChI=1S/C21H26N6O2/c1-12(2)5-6-14-7-9-15(10-8-14)16-11-23-18(22)17(24-16)20-26-27-21(29-20)25-19(28)13(3)4/h7-13H,5-6H2,1-4H3,(H2,22,23)(H,25,27,28). The Balaban J connectivity index is 1.82. The monoisotopic (exact) mass is 394 g/mol. The van der Waals surface area contributed by atoms with Crippen molar-refractivity contribution in [1.29, 1.82) is 0 Å². The van der Waals surface area contributed by atoms with Crippen LogP contribution in [0.3, 0.4) is 0 Å². The molecule has 0 saturated carbocycles. The highest BCUT2D eigenvalue weighted by atomic mass is 16.4. The number of hydrogen-bond donors (Lipinski definition) is 2. The van der Waals surface area contributed by atoms with Crippen molar-refractivity contribution in [1.82, 2.24) is 20.2 Å². The number of nitrogens with two attached hydrogens (primary N) is 1. The van der Waals surface area contributed by atoms with Crippen molar-refractivity contribution in [3.63, 3.8) is 0 Å². The number of nitrogens with zero attached hydrogens (tertiary/aromatic N) is 4. The third-order valence-corrected chi connectivity index (χ3v) is 4.44. The molecule has 0 spiro atoms. The molecular formula is C21H26N6O2.